The van der Waals surface area contributed by atoms with E-state index in [1.54, 1.807) is 0 Å². The van der Waals surface area contributed by atoms with Gasteiger partial charge in [0.15, 0.2) is 0 Å². The van der Waals surface area contributed by atoms with E-state index in [-0.39, 0.29) is 21.7 Å². The normalized spacial score (nSPS) is 12.8. The van der Waals surface area contributed by atoms with Crippen molar-refractivity contribution in [3.8, 4) is 33.4 Å². The molecule has 0 saturated carbocycles. The Labute approximate surface area is 624 Å². The monoisotopic (exact) mass is 1360 g/mol. The average Bonchev–Trinajstić information content (AvgIpc) is 1.51. The molecule has 1 aliphatic rings. The highest BCUT2D eigenvalue weighted by Gasteiger charge is 2.46. The van der Waals surface area contributed by atoms with E-state index < -0.39 is 5.41 Å². The molecule has 104 heavy (non-hydrogen) atoms. The van der Waals surface area contributed by atoms with Gasteiger partial charge in [0.25, 0.3) is 0 Å². The lowest BCUT2D eigenvalue weighted by atomic mass is 9.67. The van der Waals surface area contributed by atoms with Crippen LogP contribution >= 0.6 is 0 Å². The third kappa shape index (κ3) is 14.4. The van der Waals surface area contributed by atoms with Gasteiger partial charge in [-0.1, -0.05) is 290 Å². The number of unbranched alkanes of at least 4 members (excludes halogenated alkanes) is 3. The van der Waals surface area contributed by atoms with Crippen LogP contribution in [0, 0.1) is 41.5 Å². The van der Waals surface area contributed by atoms with E-state index >= 15 is 0 Å². The van der Waals surface area contributed by atoms with Crippen LogP contribution in [0.2, 0.25) is 0 Å². The lowest BCUT2D eigenvalue weighted by molar-refractivity contribution is 0.589. The summed E-state index contributed by atoms with van der Waals surface area (Å²) in [4.78, 5) is 7.35. The van der Waals surface area contributed by atoms with Crippen molar-refractivity contribution in [1.29, 1.82) is 0 Å². The maximum atomic E-state index is 2.46. The first-order valence-corrected chi connectivity index (χ1v) is 38.2. The molecule has 0 fully saturated rings. The Morgan fingerprint density at radius 2 is 0.548 bits per heavy atom. The molecule has 0 bridgehead atoms. The minimum Gasteiger partial charge on any atom is -0.311 e. The molecule has 0 atom stereocenters. The number of fused-ring (bicyclic) bond motifs is 3. The highest BCUT2D eigenvalue weighted by Crippen LogP contribution is 2.57. The van der Waals surface area contributed by atoms with Crippen molar-refractivity contribution in [1.82, 2.24) is 0 Å². The second-order valence-electron chi connectivity index (χ2n) is 34.1. The van der Waals surface area contributed by atoms with E-state index in [2.05, 4.69) is 401 Å². The Bertz CT molecular complexity index is 4710. The van der Waals surface area contributed by atoms with Crippen LogP contribution in [0.25, 0.3) is 33.4 Å². The van der Waals surface area contributed by atoms with Crippen molar-refractivity contribution < 1.29 is 0 Å². The Balaban J connectivity index is 0.892. The van der Waals surface area contributed by atoms with E-state index in [0.29, 0.717) is 0 Å². The predicted octanol–water partition coefficient (Wildman–Crippen LogP) is 29.0. The topological polar surface area (TPSA) is 9.72 Å². The fourth-order valence-electron chi connectivity index (χ4n) is 16.1. The van der Waals surface area contributed by atoms with Crippen LogP contribution in [0.4, 0.5) is 51.2 Å². The average molecular weight is 1370 g/mol. The lowest BCUT2D eigenvalue weighted by Gasteiger charge is -2.35. The Hall–Kier alpha value is -9.96. The first kappa shape index (κ1) is 72.4. The molecule has 3 nitrogen and oxygen atoms in total. The summed E-state index contributed by atoms with van der Waals surface area (Å²) in [5, 5.41) is 0. The third-order valence-electron chi connectivity index (χ3n) is 22.0. The Morgan fingerprint density at radius 3 is 0.846 bits per heavy atom. The molecule has 0 radical (unpaired) electrons. The molecule has 13 rings (SSSR count). The molecule has 12 aromatic carbocycles. The van der Waals surface area contributed by atoms with Crippen LogP contribution in [0.15, 0.2) is 255 Å². The van der Waals surface area contributed by atoms with Gasteiger partial charge in [-0.15, -0.1) is 0 Å². The number of hydrogen-bond acceptors (Lipinski definition) is 3. The summed E-state index contributed by atoms with van der Waals surface area (Å²) in [6.45, 7) is 43.4. The molecule has 528 valence electrons. The molecule has 0 N–H and O–H groups in total. The predicted molar refractivity (Wildman–Crippen MR) is 450 cm³/mol. The largest absolute Gasteiger partial charge is 0.311 e. The lowest BCUT2D eigenvalue weighted by Crippen LogP contribution is -2.29. The molecular weight excluding hydrogens is 1260 g/mol. The van der Waals surface area contributed by atoms with Crippen molar-refractivity contribution in [2.24, 2.45) is 0 Å². The van der Waals surface area contributed by atoms with Crippen LogP contribution in [0.3, 0.4) is 0 Å². The van der Waals surface area contributed by atoms with Gasteiger partial charge in [-0.3, -0.25) is 0 Å². The molecular formula is C101H109N3. The van der Waals surface area contributed by atoms with Crippen molar-refractivity contribution in [3.63, 3.8) is 0 Å². The minimum atomic E-state index is -0.536. The van der Waals surface area contributed by atoms with Gasteiger partial charge in [0.05, 0.1) is 16.8 Å². The Morgan fingerprint density at radius 1 is 0.269 bits per heavy atom. The molecule has 0 heterocycles. The number of hydrogen-bond donors (Lipinski definition) is 0. The zero-order chi connectivity index (χ0) is 73.8. The van der Waals surface area contributed by atoms with Crippen LogP contribution in [-0.2, 0) is 33.5 Å². The number of aryl methyl sites for hydroxylation is 7. The van der Waals surface area contributed by atoms with Gasteiger partial charge < -0.3 is 14.7 Å². The van der Waals surface area contributed by atoms with E-state index in [9.17, 15) is 0 Å². The van der Waals surface area contributed by atoms with Gasteiger partial charge >= 0.3 is 0 Å². The molecule has 1 aliphatic carbocycles. The SMILES string of the molecule is CCCCCCc1ccc(C2(c3ccc(N(c4ccc(-c5ccc(N(c6ccc(C(C)(C)C)cc6)c6c(C)cc(C(C)(C)C)cc6C)cc5)cc4)c4ccc(-c5ccc(N(c6ccc(C(C)(C)C)cc6)c6c(C)cc(C(C)(C)C)cc6C)cc5)cc4)cc3)c3cc(C)ccc3-c3ccc(C)cc32)cc1. The zero-order valence-electron chi connectivity index (χ0n) is 65.6. The van der Waals surface area contributed by atoms with E-state index in [0.717, 1.165) is 68.5 Å². The van der Waals surface area contributed by atoms with E-state index in [1.165, 1.54) is 132 Å². The third-order valence-corrected chi connectivity index (χ3v) is 22.0. The van der Waals surface area contributed by atoms with Crippen molar-refractivity contribution in [3.05, 3.63) is 338 Å². The zero-order valence-corrected chi connectivity index (χ0v) is 65.6. The first-order chi connectivity index (χ1) is 49.5. The smallest absolute Gasteiger partial charge is 0.0713 e. The maximum absolute atomic E-state index is 2.46. The summed E-state index contributed by atoms with van der Waals surface area (Å²) < 4.78 is 0. The molecule has 0 aliphatic heterocycles. The highest BCUT2D eigenvalue weighted by molar-refractivity contribution is 5.89. The highest BCUT2D eigenvalue weighted by atomic mass is 15.2. The summed E-state index contributed by atoms with van der Waals surface area (Å²) in [6, 6.07) is 98.2. The molecule has 0 amide bonds. The molecule has 0 unspecified atom stereocenters. The molecule has 3 heteroatoms. The summed E-state index contributed by atoms with van der Waals surface area (Å²) in [5.74, 6) is 0. The number of anilines is 9. The van der Waals surface area contributed by atoms with Gasteiger partial charge in [-0.2, -0.15) is 0 Å². The van der Waals surface area contributed by atoms with Crippen molar-refractivity contribution >= 4 is 51.2 Å². The fourth-order valence-corrected chi connectivity index (χ4v) is 16.1. The van der Waals surface area contributed by atoms with Gasteiger partial charge in [-0.25, -0.2) is 0 Å². The van der Waals surface area contributed by atoms with E-state index in [1.807, 2.05) is 0 Å². The second kappa shape index (κ2) is 28.6. The summed E-state index contributed by atoms with van der Waals surface area (Å²) in [6.07, 6.45) is 6.11. The van der Waals surface area contributed by atoms with Crippen LogP contribution in [0.1, 0.15) is 199 Å². The standard InChI is InChI=1S/C101H109N3/c1-20-21-22-23-24-73-27-37-80(38-28-73)101(93-61-67(2)25-59-91(93)92-60-26-68(3)62-94(92)101)81-43-57-86(58-44-81)102(84-45-29-74(30-46-84)76-33-49-87(50-34-76)103(89-53-39-78(40-54-89)97(8,9)10)95-69(4)63-82(64-70(95)5)99(14,15)16)85-47-31-75(32-48-85)77-35-51-88(52-36-77)104(90-55-41-79(42-56-90)98(11,12)13)96-71(6)65-83(66-72(96)7)100(17,18)19/h25-66H,20-24H2,1-19H3. The van der Waals surface area contributed by atoms with Gasteiger partial charge in [0.2, 0.25) is 0 Å². The van der Waals surface area contributed by atoms with Gasteiger partial charge in [0.1, 0.15) is 0 Å². The number of rotatable bonds is 18. The first-order valence-electron chi connectivity index (χ1n) is 38.2. The summed E-state index contributed by atoms with van der Waals surface area (Å²) in [7, 11) is 0. The molecule has 12 aromatic rings. The molecule has 0 aromatic heterocycles. The van der Waals surface area contributed by atoms with Gasteiger partial charge in [-0.05, 0) is 267 Å². The van der Waals surface area contributed by atoms with Crippen LogP contribution in [0.5, 0.6) is 0 Å². The maximum Gasteiger partial charge on any atom is 0.0713 e. The fraction of sp³-hybridized carbons (Fsp3) is 0.287. The van der Waals surface area contributed by atoms with Crippen LogP contribution in [-0.4, -0.2) is 0 Å². The molecule has 0 spiro atoms. The number of nitrogens with zero attached hydrogens (tertiary/aromatic N) is 3. The molecule has 0 saturated heterocycles. The van der Waals surface area contributed by atoms with Crippen molar-refractivity contribution in [2.75, 3.05) is 14.7 Å². The summed E-state index contributed by atoms with van der Waals surface area (Å²) in [5.41, 5.74) is 36.7. The van der Waals surface area contributed by atoms with Gasteiger partial charge in [0, 0.05) is 39.8 Å². The van der Waals surface area contributed by atoms with Crippen LogP contribution < -0.4 is 14.7 Å². The minimum absolute atomic E-state index is 0.0357. The van der Waals surface area contributed by atoms with E-state index in [4.69, 9.17) is 0 Å². The quantitative estimate of drug-likeness (QED) is 0.0793. The second-order valence-corrected chi connectivity index (χ2v) is 34.1. The van der Waals surface area contributed by atoms with Crippen molar-refractivity contribution in [2.45, 2.75) is 191 Å². The Kier molecular flexibility index (Phi) is 19.9. The number of benzene rings is 12. The summed E-state index contributed by atoms with van der Waals surface area (Å²) >= 11 is 0.